The lowest BCUT2D eigenvalue weighted by atomic mass is 10.1. The van der Waals surface area contributed by atoms with Crippen molar-refractivity contribution in [3.63, 3.8) is 0 Å². The zero-order valence-electron chi connectivity index (χ0n) is 13.7. The summed E-state index contributed by atoms with van der Waals surface area (Å²) in [6, 6.07) is 16.0. The van der Waals surface area contributed by atoms with E-state index in [1.807, 2.05) is 33.5 Å². The monoisotopic (exact) mass is 358 g/mol. The second-order valence-corrected chi connectivity index (χ2v) is 6.65. The van der Waals surface area contributed by atoms with Crippen LogP contribution in [-0.4, -0.2) is 26.3 Å². The van der Waals surface area contributed by atoms with Crippen molar-refractivity contribution in [2.45, 2.75) is 20.1 Å². The normalized spacial score (nSPS) is 11.2. The number of hydrogen-bond acceptors (Lipinski definition) is 3. The first-order chi connectivity index (χ1) is 11.5. The molecule has 0 atom stereocenters. The van der Waals surface area contributed by atoms with E-state index in [4.69, 9.17) is 23.8 Å². The van der Waals surface area contributed by atoms with Crippen LogP contribution in [0.5, 0.6) is 0 Å². The molecule has 0 unspecified atom stereocenters. The first-order valence-electron chi connectivity index (χ1n) is 7.68. The fourth-order valence-corrected chi connectivity index (χ4v) is 3.04. The molecule has 6 heteroatoms. The Morgan fingerprint density at radius 2 is 1.96 bits per heavy atom. The van der Waals surface area contributed by atoms with Gasteiger partial charge in [-0.2, -0.15) is 5.10 Å². The summed E-state index contributed by atoms with van der Waals surface area (Å²) in [5.74, 6) is 0. The highest BCUT2D eigenvalue weighted by Gasteiger charge is 2.08. The molecule has 0 saturated carbocycles. The van der Waals surface area contributed by atoms with E-state index in [1.54, 1.807) is 6.33 Å². The van der Waals surface area contributed by atoms with Crippen LogP contribution in [0.3, 0.4) is 0 Å². The predicted molar refractivity (Wildman–Crippen MR) is 100 cm³/mol. The molecule has 24 heavy (non-hydrogen) atoms. The molecule has 0 bridgehead atoms. The standard InChI is InChI=1S/C18H19ClN4S/c1-14-6-3-4-7-15(14)11-21(2)13-23-18(24)22(12-20-23)17-9-5-8-16(19)10-17/h3-10,12H,11,13H2,1-2H3. The van der Waals surface area contributed by atoms with Gasteiger partial charge in [0, 0.05) is 11.6 Å². The van der Waals surface area contributed by atoms with Gasteiger partial charge in [0.2, 0.25) is 4.77 Å². The van der Waals surface area contributed by atoms with Gasteiger partial charge >= 0.3 is 0 Å². The Morgan fingerprint density at radius 3 is 2.71 bits per heavy atom. The summed E-state index contributed by atoms with van der Waals surface area (Å²) in [5, 5.41) is 5.10. The number of hydrogen-bond donors (Lipinski definition) is 0. The van der Waals surface area contributed by atoms with Crippen LogP contribution in [0.2, 0.25) is 5.02 Å². The van der Waals surface area contributed by atoms with Crippen LogP contribution >= 0.6 is 23.8 Å². The van der Waals surface area contributed by atoms with Crippen molar-refractivity contribution in [1.29, 1.82) is 0 Å². The number of halogens is 1. The van der Waals surface area contributed by atoms with Crippen LogP contribution in [0.1, 0.15) is 11.1 Å². The molecule has 0 spiro atoms. The molecular weight excluding hydrogens is 340 g/mol. The molecule has 0 fully saturated rings. The van der Waals surface area contributed by atoms with Crippen molar-refractivity contribution in [3.05, 3.63) is 75.8 Å². The summed E-state index contributed by atoms with van der Waals surface area (Å²) in [7, 11) is 2.06. The predicted octanol–water partition coefficient (Wildman–Crippen LogP) is 4.45. The highest BCUT2D eigenvalue weighted by atomic mass is 35.5. The van der Waals surface area contributed by atoms with Crippen LogP contribution < -0.4 is 0 Å². The molecule has 0 aliphatic rings. The van der Waals surface area contributed by atoms with Crippen LogP contribution in [0.15, 0.2) is 54.9 Å². The minimum Gasteiger partial charge on any atom is -0.283 e. The second-order valence-electron chi connectivity index (χ2n) is 5.85. The van der Waals surface area contributed by atoms with Gasteiger partial charge in [-0.05, 0) is 55.5 Å². The summed E-state index contributed by atoms with van der Waals surface area (Å²) in [6.07, 6.45) is 1.73. The Bertz CT molecular complexity index is 900. The second kappa shape index (κ2) is 7.30. The molecule has 2 aromatic carbocycles. The fourth-order valence-electron chi connectivity index (χ4n) is 2.59. The lowest BCUT2D eigenvalue weighted by Crippen LogP contribution is -2.23. The van der Waals surface area contributed by atoms with E-state index < -0.39 is 0 Å². The van der Waals surface area contributed by atoms with Crippen molar-refractivity contribution < 1.29 is 0 Å². The van der Waals surface area contributed by atoms with E-state index >= 15 is 0 Å². The van der Waals surface area contributed by atoms with E-state index in [2.05, 4.69) is 48.2 Å². The maximum absolute atomic E-state index is 6.06. The van der Waals surface area contributed by atoms with Gasteiger partial charge in [0.15, 0.2) is 0 Å². The van der Waals surface area contributed by atoms with Crippen molar-refractivity contribution in [1.82, 2.24) is 19.2 Å². The van der Waals surface area contributed by atoms with Crippen LogP contribution in [0.25, 0.3) is 5.69 Å². The average Bonchev–Trinajstić information content (AvgIpc) is 2.90. The van der Waals surface area contributed by atoms with Gasteiger partial charge in [-0.15, -0.1) is 0 Å². The summed E-state index contributed by atoms with van der Waals surface area (Å²) >= 11 is 11.6. The van der Waals surface area contributed by atoms with E-state index in [9.17, 15) is 0 Å². The van der Waals surface area contributed by atoms with Gasteiger partial charge < -0.3 is 0 Å². The molecule has 124 valence electrons. The molecule has 0 aliphatic heterocycles. The van der Waals surface area contributed by atoms with Gasteiger partial charge in [0.1, 0.15) is 6.33 Å². The van der Waals surface area contributed by atoms with Crippen molar-refractivity contribution in [3.8, 4) is 5.69 Å². The minimum atomic E-state index is 0.626. The molecule has 4 nitrogen and oxygen atoms in total. The molecular formula is C18H19ClN4S. The van der Waals surface area contributed by atoms with Crippen molar-refractivity contribution in [2.75, 3.05) is 7.05 Å². The van der Waals surface area contributed by atoms with E-state index in [0.29, 0.717) is 16.5 Å². The largest absolute Gasteiger partial charge is 0.283 e. The fraction of sp³-hybridized carbons (Fsp3) is 0.222. The van der Waals surface area contributed by atoms with Crippen LogP contribution in [-0.2, 0) is 13.2 Å². The SMILES string of the molecule is Cc1ccccc1CN(C)Cn1ncn(-c2cccc(Cl)c2)c1=S. The zero-order chi connectivity index (χ0) is 17.1. The maximum Gasteiger partial charge on any atom is 0.203 e. The Hall–Kier alpha value is -1.95. The van der Waals surface area contributed by atoms with E-state index in [1.165, 1.54) is 11.1 Å². The Kier molecular flexibility index (Phi) is 5.14. The lowest BCUT2D eigenvalue weighted by molar-refractivity contribution is 0.243. The molecule has 0 saturated heterocycles. The quantitative estimate of drug-likeness (QED) is 0.630. The molecule has 1 heterocycles. The molecule has 0 aliphatic carbocycles. The average molecular weight is 359 g/mol. The van der Waals surface area contributed by atoms with Crippen LogP contribution in [0, 0.1) is 11.7 Å². The Morgan fingerprint density at radius 1 is 1.17 bits per heavy atom. The first kappa shape index (κ1) is 16.9. The first-order valence-corrected chi connectivity index (χ1v) is 8.46. The van der Waals surface area contributed by atoms with Crippen LogP contribution in [0.4, 0.5) is 0 Å². The lowest BCUT2D eigenvalue weighted by Gasteiger charge is -2.17. The zero-order valence-corrected chi connectivity index (χ0v) is 15.3. The summed E-state index contributed by atoms with van der Waals surface area (Å²) < 4.78 is 4.33. The summed E-state index contributed by atoms with van der Waals surface area (Å²) in [5.41, 5.74) is 3.51. The van der Waals surface area contributed by atoms with Gasteiger partial charge in [0.25, 0.3) is 0 Å². The number of aryl methyl sites for hydroxylation is 1. The number of nitrogens with zero attached hydrogens (tertiary/aromatic N) is 4. The summed E-state index contributed by atoms with van der Waals surface area (Å²) in [4.78, 5) is 2.19. The topological polar surface area (TPSA) is 26.0 Å². The third-order valence-electron chi connectivity index (χ3n) is 3.90. The molecule has 0 radical (unpaired) electrons. The Balaban J connectivity index is 1.77. The van der Waals surface area contributed by atoms with Gasteiger partial charge in [0.05, 0.1) is 12.4 Å². The van der Waals surface area contributed by atoms with Gasteiger partial charge in [-0.3, -0.25) is 9.47 Å². The highest BCUT2D eigenvalue weighted by molar-refractivity contribution is 7.71. The number of benzene rings is 2. The van der Waals surface area contributed by atoms with E-state index in [-0.39, 0.29) is 0 Å². The highest BCUT2D eigenvalue weighted by Crippen LogP contribution is 2.15. The summed E-state index contributed by atoms with van der Waals surface area (Å²) in [6.45, 7) is 3.60. The Labute approximate surface area is 151 Å². The molecule has 1 aromatic heterocycles. The van der Waals surface area contributed by atoms with Gasteiger partial charge in [-0.25, -0.2) is 4.68 Å². The third kappa shape index (κ3) is 3.75. The number of rotatable bonds is 5. The van der Waals surface area contributed by atoms with Crippen molar-refractivity contribution >= 4 is 23.8 Å². The van der Waals surface area contributed by atoms with E-state index in [0.717, 1.165) is 12.2 Å². The van der Waals surface area contributed by atoms with Gasteiger partial charge in [-0.1, -0.05) is 41.9 Å². The molecule has 0 amide bonds. The smallest absolute Gasteiger partial charge is 0.203 e. The molecule has 0 N–H and O–H groups in total. The maximum atomic E-state index is 6.06. The van der Waals surface area contributed by atoms with Crippen molar-refractivity contribution in [2.24, 2.45) is 0 Å². The molecule has 3 aromatic rings. The molecule has 3 rings (SSSR count). The number of aromatic nitrogens is 3. The minimum absolute atomic E-state index is 0.626. The third-order valence-corrected chi connectivity index (χ3v) is 4.54.